The molecule has 37 heavy (non-hydrogen) atoms. The third-order valence-electron chi connectivity index (χ3n) is 6.58. The van der Waals surface area contributed by atoms with Crippen LogP contribution in [0.1, 0.15) is 40.7 Å². The van der Waals surface area contributed by atoms with Crippen LogP contribution < -0.4 is 4.74 Å². The number of halogens is 1. The van der Waals surface area contributed by atoms with Gasteiger partial charge in [0.2, 0.25) is 0 Å². The van der Waals surface area contributed by atoms with Crippen molar-refractivity contribution in [2.24, 2.45) is 0 Å². The Morgan fingerprint density at radius 2 is 1.62 bits per heavy atom. The molecule has 0 unspecified atom stereocenters. The minimum Gasteiger partial charge on any atom is -0.494 e. The molecule has 1 heterocycles. The van der Waals surface area contributed by atoms with Gasteiger partial charge in [-0.2, -0.15) is 0 Å². The molecule has 3 aromatic carbocycles. The van der Waals surface area contributed by atoms with Crippen LogP contribution in [0.25, 0.3) is 0 Å². The number of hydrogen-bond donors (Lipinski definition) is 0. The highest BCUT2D eigenvalue weighted by molar-refractivity contribution is 7.99. The Kier molecular flexibility index (Phi) is 9.38. The molecule has 4 rings (SSSR count). The number of benzene rings is 3. The van der Waals surface area contributed by atoms with Crippen LogP contribution in [0.2, 0.25) is 0 Å². The zero-order chi connectivity index (χ0) is 26.3. The summed E-state index contributed by atoms with van der Waals surface area (Å²) in [5.74, 6) is 0.415. The molecule has 0 bridgehead atoms. The number of carbonyl (C=O) groups is 1. The molecule has 0 aromatic heterocycles. The van der Waals surface area contributed by atoms with Crippen molar-refractivity contribution >= 4 is 17.5 Å². The fourth-order valence-electron chi connectivity index (χ4n) is 4.45. The first kappa shape index (κ1) is 27.3. The molecule has 0 radical (unpaired) electrons. The van der Waals surface area contributed by atoms with Crippen molar-refractivity contribution in [1.29, 1.82) is 0 Å². The minimum absolute atomic E-state index is 0.0506. The third-order valence-corrected chi connectivity index (χ3v) is 7.55. The topological polar surface area (TPSA) is 48.0 Å². The Morgan fingerprint density at radius 1 is 0.973 bits per heavy atom. The molecule has 0 spiro atoms. The van der Waals surface area contributed by atoms with Gasteiger partial charge in [0.15, 0.2) is 5.78 Å². The molecular weight excluding hydrogens is 489 g/mol. The van der Waals surface area contributed by atoms with Crippen LogP contribution in [-0.4, -0.2) is 58.3 Å². The van der Waals surface area contributed by atoms with E-state index in [1.54, 1.807) is 25.3 Å². The predicted octanol–water partition coefficient (Wildman–Crippen LogP) is 6.19. The average molecular weight is 524 g/mol. The summed E-state index contributed by atoms with van der Waals surface area (Å²) in [7, 11) is 5.74. The van der Waals surface area contributed by atoms with Gasteiger partial charge in [-0.05, 0) is 92.8 Å². The standard InChI is InChI=1S/C30H34FNO4S/c1-32(2)15-4-16-36-26-9-5-22(6-10-26)29(33)23-7-11-27(12-8-23)37-28-20-24(19-25(31)21-28)30(34-3)13-17-35-18-14-30/h5-12,19-21H,4,13-18H2,1-3H3. The van der Waals surface area contributed by atoms with Crippen LogP contribution in [0.15, 0.2) is 76.5 Å². The van der Waals surface area contributed by atoms with Crippen LogP contribution >= 0.6 is 11.8 Å². The largest absolute Gasteiger partial charge is 0.494 e. The molecule has 0 saturated carbocycles. The van der Waals surface area contributed by atoms with E-state index in [1.807, 2.05) is 56.6 Å². The fraction of sp³-hybridized carbons (Fsp3) is 0.367. The summed E-state index contributed by atoms with van der Waals surface area (Å²) >= 11 is 1.46. The zero-order valence-corrected chi connectivity index (χ0v) is 22.5. The van der Waals surface area contributed by atoms with E-state index in [0.717, 1.165) is 34.1 Å². The van der Waals surface area contributed by atoms with Crippen LogP contribution in [-0.2, 0) is 15.1 Å². The van der Waals surface area contributed by atoms with Gasteiger partial charge in [0.1, 0.15) is 11.6 Å². The monoisotopic (exact) mass is 523 g/mol. The molecule has 196 valence electrons. The molecule has 1 saturated heterocycles. The van der Waals surface area contributed by atoms with Gasteiger partial charge in [-0.25, -0.2) is 4.39 Å². The fourth-order valence-corrected chi connectivity index (χ4v) is 5.35. The maximum atomic E-state index is 14.5. The number of carbonyl (C=O) groups excluding carboxylic acids is 1. The molecule has 0 aliphatic carbocycles. The first-order chi connectivity index (χ1) is 17.9. The average Bonchev–Trinajstić information content (AvgIpc) is 2.91. The lowest BCUT2D eigenvalue weighted by Gasteiger charge is -2.36. The number of rotatable bonds is 11. The minimum atomic E-state index is -0.529. The lowest BCUT2D eigenvalue weighted by molar-refractivity contribution is -0.0950. The summed E-state index contributed by atoms with van der Waals surface area (Å²) in [6, 6.07) is 19.7. The number of nitrogens with zero attached hydrogens (tertiary/aromatic N) is 1. The molecular formula is C30H34FNO4S. The Labute approximate surface area is 222 Å². The van der Waals surface area contributed by atoms with Crippen LogP contribution in [0.4, 0.5) is 4.39 Å². The number of ether oxygens (including phenoxy) is 3. The molecule has 7 heteroatoms. The van der Waals surface area contributed by atoms with E-state index < -0.39 is 5.60 Å². The maximum absolute atomic E-state index is 14.5. The molecule has 1 aliphatic rings. The van der Waals surface area contributed by atoms with E-state index in [9.17, 15) is 9.18 Å². The lowest BCUT2D eigenvalue weighted by atomic mass is 9.86. The van der Waals surface area contributed by atoms with Gasteiger partial charge in [-0.3, -0.25) is 4.79 Å². The Morgan fingerprint density at radius 3 is 2.24 bits per heavy atom. The van der Waals surface area contributed by atoms with Crippen molar-refractivity contribution in [2.75, 3.05) is 47.6 Å². The molecule has 1 aliphatic heterocycles. The highest BCUT2D eigenvalue weighted by Crippen LogP contribution is 2.39. The van der Waals surface area contributed by atoms with E-state index in [0.29, 0.717) is 43.8 Å². The van der Waals surface area contributed by atoms with Crippen LogP contribution in [0, 0.1) is 5.82 Å². The molecule has 0 N–H and O–H groups in total. The summed E-state index contributed by atoms with van der Waals surface area (Å²) in [4.78, 5) is 16.8. The van der Waals surface area contributed by atoms with Gasteiger partial charge in [0, 0.05) is 60.6 Å². The lowest BCUT2D eigenvalue weighted by Crippen LogP contribution is -2.35. The molecule has 0 atom stereocenters. The van der Waals surface area contributed by atoms with Crippen molar-refractivity contribution in [3.8, 4) is 5.75 Å². The normalized spacial score (nSPS) is 15.1. The van der Waals surface area contributed by atoms with E-state index in [-0.39, 0.29) is 11.6 Å². The van der Waals surface area contributed by atoms with Crippen molar-refractivity contribution in [3.05, 3.63) is 89.2 Å². The predicted molar refractivity (Wildman–Crippen MR) is 144 cm³/mol. The highest BCUT2D eigenvalue weighted by Gasteiger charge is 2.35. The SMILES string of the molecule is COC1(c2cc(F)cc(Sc3ccc(C(=O)c4ccc(OCCCN(C)C)cc4)cc3)c2)CCOCC1. The quantitative estimate of drug-likeness (QED) is 0.221. The second-order valence-electron chi connectivity index (χ2n) is 9.47. The molecule has 1 fully saturated rings. The summed E-state index contributed by atoms with van der Waals surface area (Å²) in [5, 5.41) is 0. The molecule has 3 aromatic rings. The summed E-state index contributed by atoms with van der Waals surface area (Å²) in [6.07, 6.45) is 2.33. The molecule has 0 amide bonds. The second kappa shape index (κ2) is 12.7. The number of methoxy groups -OCH3 is 1. The van der Waals surface area contributed by atoms with E-state index in [1.165, 1.54) is 17.8 Å². The maximum Gasteiger partial charge on any atom is 0.193 e. The molecule has 5 nitrogen and oxygen atoms in total. The zero-order valence-electron chi connectivity index (χ0n) is 21.7. The summed E-state index contributed by atoms with van der Waals surface area (Å²) < 4.78 is 31.6. The van der Waals surface area contributed by atoms with Crippen LogP contribution in [0.5, 0.6) is 5.75 Å². The summed E-state index contributed by atoms with van der Waals surface area (Å²) in [6.45, 7) is 2.79. The Bertz CT molecular complexity index is 1180. The Balaban J connectivity index is 1.40. The first-order valence-electron chi connectivity index (χ1n) is 12.5. The van der Waals surface area contributed by atoms with Gasteiger partial charge in [-0.1, -0.05) is 11.8 Å². The van der Waals surface area contributed by atoms with Gasteiger partial charge in [0.25, 0.3) is 0 Å². The highest BCUT2D eigenvalue weighted by atomic mass is 32.2. The smallest absolute Gasteiger partial charge is 0.193 e. The van der Waals surface area contributed by atoms with Crippen molar-refractivity contribution in [3.63, 3.8) is 0 Å². The second-order valence-corrected chi connectivity index (χ2v) is 10.6. The third kappa shape index (κ3) is 7.20. The Hall–Kier alpha value is -2.71. The first-order valence-corrected chi connectivity index (χ1v) is 13.3. The van der Waals surface area contributed by atoms with Crippen molar-refractivity contribution < 1.29 is 23.4 Å². The van der Waals surface area contributed by atoms with Crippen molar-refractivity contribution in [2.45, 2.75) is 34.7 Å². The van der Waals surface area contributed by atoms with E-state index in [4.69, 9.17) is 14.2 Å². The van der Waals surface area contributed by atoms with Gasteiger partial charge < -0.3 is 19.1 Å². The van der Waals surface area contributed by atoms with Gasteiger partial charge in [0.05, 0.1) is 12.2 Å². The van der Waals surface area contributed by atoms with E-state index >= 15 is 0 Å². The van der Waals surface area contributed by atoms with Crippen molar-refractivity contribution in [1.82, 2.24) is 4.90 Å². The summed E-state index contributed by atoms with van der Waals surface area (Å²) in [5.41, 5.74) is 1.51. The number of hydrogen-bond acceptors (Lipinski definition) is 6. The number of ketones is 1. The van der Waals surface area contributed by atoms with Gasteiger partial charge in [-0.15, -0.1) is 0 Å². The van der Waals surface area contributed by atoms with E-state index in [2.05, 4.69) is 4.90 Å². The van der Waals surface area contributed by atoms with Gasteiger partial charge >= 0.3 is 0 Å². The van der Waals surface area contributed by atoms with Crippen LogP contribution in [0.3, 0.4) is 0 Å².